The van der Waals surface area contributed by atoms with E-state index in [0.29, 0.717) is 11.4 Å². The predicted molar refractivity (Wildman–Crippen MR) is 109 cm³/mol. The van der Waals surface area contributed by atoms with Crippen molar-refractivity contribution in [3.63, 3.8) is 0 Å². The summed E-state index contributed by atoms with van der Waals surface area (Å²) in [6.45, 7) is 3.72. The van der Waals surface area contributed by atoms with Crippen LogP contribution in [-0.2, 0) is 0 Å². The van der Waals surface area contributed by atoms with Gasteiger partial charge < -0.3 is 16.0 Å². The maximum Gasteiger partial charge on any atom is 0.278 e. The summed E-state index contributed by atoms with van der Waals surface area (Å²) in [5.74, 6) is -4.17. The zero-order chi connectivity index (χ0) is 22.5. The van der Waals surface area contributed by atoms with Gasteiger partial charge in [0.2, 0.25) is 0 Å². The second kappa shape index (κ2) is 9.20. The zero-order valence-electron chi connectivity index (χ0n) is 16.9. The van der Waals surface area contributed by atoms with Crippen LogP contribution in [0.25, 0.3) is 0 Å². The molecule has 31 heavy (non-hydrogen) atoms. The van der Waals surface area contributed by atoms with Crippen molar-refractivity contribution in [3.05, 3.63) is 65.6 Å². The highest BCUT2D eigenvalue weighted by atomic mass is 19.2. The van der Waals surface area contributed by atoms with Crippen LogP contribution in [0.4, 0.5) is 26.0 Å². The molecule has 11 heteroatoms. The first-order valence-corrected chi connectivity index (χ1v) is 9.22. The highest BCUT2D eigenvalue weighted by Crippen LogP contribution is 2.25. The van der Waals surface area contributed by atoms with Crippen molar-refractivity contribution < 1.29 is 18.4 Å². The molecule has 0 bridgehead atoms. The molecule has 1 aromatic carbocycles. The van der Waals surface area contributed by atoms with Crippen molar-refractivity contribution >= 4 is 29.0 Å². The fraction of sp³-hybridized carbons (Fsp3) is 0.200. The minimum atomic E-state index is -1.37. The third-order valence-electron chi connectivity index (χ3n) is 4.23. The average Bonchev–Trinajstić information content (AvgIpc) is 2.77. The minimum absolute atomic E-state index is 0.0509. The minimum Gasteiger partial charge on any atom is -0.355 e. The number of amides is 2. The Bertz CT molecular complexity index is 1120. The van der Waals surface area contributed by atoms with Gasteiger partial charge in [-0.25, -0.2) is 28.7 Å². The van der Waals surface area contributed by atoms with Gasteiger partial charge in [0, 0.05) is 7.05 Å². The Hall–Kier alpha value is -4.02. The Morgan fingerprint density at radius 3 is 2.39 bits per heavy atom. The van der Waals surface area contributed by atoms with Gasteiger partial charge in [0.05, 0.1) is 41.2 Å². The Balaban J connectivity index is 2.04. The zero-order valence-corrected chi connectivity index (χ0v) is 16.9. The first-order chi connectivity index (χ1) is 14.8. The van der Waals surface area contributed by atoms with Gasteiger partial charge in [0.1, 0.15) is 6.33 Å². The van der Waals surface area contributed by atoms with E-state index in [9.17, 15) is 18.4 Å². The van der Waals surface area contributed by atoms with Gasteiger partial charge in [-0.3, -0.25) is 9.59 Å². The topological polar surface area (TPSA) is 122 Å². The van der Waals surface area contributed by atoms with E-state index < -0.39 is 29.1 Å². The molecule has 2 heterocycles. The SMILES string of the molecule is CNC(=O)c1ccc(F)c(F)c1NC(=O)c1nc(C(C)C)cnc1Nc1cncnc1. The molecule has 160 valence electrons. The average molecular weight is 427 g/mol. The van der Waals surface area contributed by atoms with Crippen LogP contribution in [0.3, 0.4) is 0 Å². The third kappa shape index (κ3) is 4.77. The van der Waals surface area contributed by atoms with Crippen LogP contribution in [0.5, 0.6) is 0 Å². The molecular formula is C20H19F2N7O2. The Labute approximate surface area is 176 Å². The van der Waals surface area contributed by atoms with Crippen LogP contribution < -0.4 is 16.0 Å². The summed E-state index contributed by atoms with van der Waals surface area (Å²) < 4.78 is 28.3. The second-order valence-electron chi connectivity index (χ2n) is 6.72. The number of benzene rings is 1. The fourth-order valence-electron chi connectivity index (χ4n) is 2.60. The third-order valence-corrected chi connectivity index (χ3v) is 4.23. The van der Waals surface area contributed by atoms with E-state index in [4.69, 9.17) is 0 Å². The summed E-state index contributed by atoms with van der Waals surface area (Å²) >= 11 is 0. The van der Waals surface area contributed by atoms with Gasteiger partial charge in [0.15, 0.2) is 23.1 Å². The number of carbonyl (C=O) groups is 2. The Morgan fingerprint density at radius 2 is 1.74 bits per heavy atom. The summed E-state index contributed by atoms with van der Waals surface area (Å²) in [7, 11) is 1.33. The quantitative estimate of drug-likeness (QED) is 0.553. The van der Waals surface area contributed by atoms with Gasteiger partial charge in [0.25, 0.3) is 11.8 Å². The first kappa shape index (κ1) is 21.7. The monoisotopic (exact) mass is 427 g/mol. The lowest BCUT2D eigenvalue weighted by molar-refractivity contribution is 0.0963. The van der Waals surface area contributed by atoms with Crippen LogP contribution >= 0.6 is 0 Å². The van der Waals surface area contributed by atoms with Crippen molar-refractivity contribution in [2.24, 2.45) is 0 Å². The molecule has 0 saturated heterocycles. The van der Waals surface area contributed by atoms with E-state index in [1.807, 2.05) is 13.8 Å². The summed E-state index contributed by atoms with van der Waals surface area (Å²) in [5.41, 5.74) is -0.0808. The van der Waals surface area contributed by atoms with Crippen molar-refractivity contribution in [1.82, 2.24) is 25.3 Å². The number of hydrogen-bond donors (Lipinski definition) is 3. The summed E-state index contributed by atoms with van der Waals surface area (Å²) in [6.07, 6.45) is 5.75. The number of anilines is 3. The predicted octanol–water partition coefficient (Wildman–Crippen LogP) is 3.02. The van der Waals surface area contributed by atoms with Crippen molar-refractivity contribution in [2.45, 2.75) is 19.8 Å². The van der Waals surface area contributed by atoms with Crippen LogP contribution in [0.1, 0.15) is 46.3 Å². The summed E-state index contributed by atoms with van der Waals surface area (Å²) in [6, 6.07) is 1.88. The lowest BCUT2D eigenvalue weighted by Crippen LogP contribution is -2.24. The molecule has 0 radical (unpaired) electrons. The number of hydrogen-bond acceptors (Lipinski definition) is 7. The van der Waals surface area contributed by atoms with E-state index in [1.165, 1.54) is 32.0 Å². The molecule has 0 unspecified atom stereocenters. The van der Waals surface area contributed by atoms with E-state index in [-0.39, 0.29) is 23.0 Å². The van der Waals surface area contributed by atoms with Crippen LogP contribution in [0, 0.1) is 11.6 Å². The largest absolute Gasteiger partial charge is 0.355 e. The molecule has 0 aliphatic carbocycles. The number of halogens is 2. The van der Waals surface area contributed by atoms with E-state index in [1.54, 1.807) is 0 Å². The molecule has 0 saturated carbocycles. The van der Waals surface area contributed by atoms with Crippen LogP contribution in [0.2, 0.25) is 0 Å². The summed E-state index contributed by atoms with van der Waals surface area (Å²) in [4.78, 5) is 41.4. The smallest absolute Gasteiger partial charge is 0.278 e. The van der Waals surface area contributed by atoms with E-state index in [0.717, 1.165) is 12.1 Å². The molecule has 3 rings (SSSR count). The first-order valence-electron chi connectivity index (χ1n) is 9.22. The van der Waals surface area contributed by atoms with Crippen molar-refractivity contribution in [2.75, 3.05) is 17.7 Å². The lowest BCUT2D eigenvalue weighted by atomic mass is 10.1. The standard InChI is InChI=1S/C20H19F2N7O2/c1-10(2)14-8-26-18(27-11-6-24-9-25-7-11)17(28-14)20(31)29-16-12(19(30)23-3)4-5-13(21)15(16)22/h4-10H,1-3H3,(H,23,30)(H,26,27)(H,29,31). The molecule has 3 N–H and O–H groups in total. The van der Waals surface area contributed by atoms with Crippen LogP contribution in [0.15, 0.2) is 37.1 Å². The number of nitrogens with zero attached hydrogens (tertiary/aromatic N) is 4. The molecule has 0 fully saturated rings. The fourth-order valence-corrected chi connectivity index (χ4v) is 2.60. The molecule has 2 amide bonds. The van der Waals surface area contributed by atoms with Gasteiger partial charge in [-0.15, -0.1) is 0 Å². The lowest BCUT2D eigenvalue weighted by Gasteiger charge is -2.15. The molecule has 0 aliphatic rings. The molecule has 0 aliphatic heterocycles. The molecule has 2 aromatic heterocycles. The highest BCUT2D eigenvalue weighted by molar-refractivity contribution is 6.10. The molecular weight excluding hydrogens is 408 g/mol. The Morgan fingerprint density at radius 1 is 1.03 bits per heavy atom. The number of aromatic nitrogens is 4. The molecule has 0 atom stereocenters. The maximum atomic E-state index is 14.5. The number of carbonyl (C=O) groups excluding carboxylic acids is 2. The normalized spacial score (nSPS) is 10.6. The highest BCUT2D eigenvalue weighted by Gasteiger charge is 2.24. The molecule has 9 nitrogen and oxygen atoms in total. The van der Waals surface area contributed by atoms with Gasteiger partial charge >= 0.3 is 0 Å². The molecule has 3 aromatic rings. The van der Waals surface area contributed by atoms with E-state index in [2.05, 4.69) is 35.9 Å². The summed E-state index contributed by atoms with van der Waals surface area (Å²) in [5, 5.41) is 7.44. The van der Waals surface area contributed by atoms with Gasteiger partial charge in [-0.05, 0) is 18.1 Å². The van der Waals surface area contributed by atoms with Gasteiger partial charge in [-0.2, -0.15) is 0 Å². The van der Waals surface area contributed by atoms with Gasteiger partial charge in [-0.1, -0.05) is 13.8 Å². The Kier molecular flexibility index (Phi) is 6.43. The second-order valence-corrected chi connectivity index (χ2v) is 6.72. The number of nitrogens with one attached hydrogen (secondary N) is 3. The maximum absolute atomic E-state index is 14.5. The molecule has 0 spiro atoms. The van der Waals surface area contributed by atoms with Crippen LogP contribution in [-0.4, -0.2) is 38.8 Å². The number of rotatable bonds is 6. The van der Waals surface area contributed by atoms with Crippen molar-refractivity contribution in [3.8, 4) is 0 Å². The van der Waals surface area contributed by atoms with E-state index >= 15 is 0 Å². The van der Waals surface area contributed by atoms with Crippen molar-refractivity contribution in [1.29, 1.82) is 0 Å².